The van der Waals surface area contributed by atoms with Gasteiger partial charge in [0.1, 0.15) is 17.3 Å². The largest absolute Gasteiger partial charge is 0.460 e. The van der Waals surface area contributed by atoms with Crippen molar-refractivity contribution in [1.29, 1.82) is 0 Å². The zero-order valence-electron chi connectivity index (χ0n) is 12.4. The Morgan fingerprint density at radius 2 is 2.00 bits per heavy atom. The third kappa shape index (κ3) is 5.10. The zero-order chi connectivity index (χ0) is 15.9. The van der Waals surface area contributed by atoms with Crippen LogP contribution >= 0.6 is 11.6 Å². The van der Waals surface area contributed by atoms with Crippen molar-refractivity contribution in [1.82, 2.24) is 10.6 Å². The van der Waals surface area contributed by atoms with Crippen LogP contribution in [0.25, 0.3) is 11.3 Å². The normalized spacial score (nSPS) is 12.5. The summed E-state index contributed by atoms with van der Waals surface area (Å²) in [6.07, 6.45) is -0.338. The van der Waals surface area contributed by atoms with Crippen molar-refractivity contribution in [3.8, 4) is 11.3 Å². The summed E-state index contributed by atoms with van der Waals surface area (Å²) in [5.74, 6) is 1.01. The molecule has 0 aliphatic carbocycles. The molecule has 0 amide bonds. The van der Waals surface area contributed by atoms with Crippen molar-refractivity contribution >= 4 is 11.6 Å². The third-order valence-corrected chi connectivity index (χ3v) is 3.37. The van der Waals surface area contributed by atoms with E-state index in [-0.39, 0.29) is 11.1 Å². The molecule has 6 heteroatoms. The number of hydrogen-bond acceptors (Lipinski definition) is 4. The van der Waals surface area contributed by atoms with Gasteiger partial charge in [-0.15, -0.1) is 0 Å². The minimum Gasteiger partial charge on any atom is -0.460 e. The minimum atomic E-state index is -0.441. The van der Waals surface area contributed by atoms with Gasteiger partial charge < -0.3 is 20.2 Å². The molecule has 1 aromatic carbocycles. The van der Waals surface area contributed by atoms with Gasteiger partial charge in [0.15, 0.2) is 0 Å². The van der Waals surface area contributed by atoms with E-state index in [0.29, 0.717) is 18.8 Å². The Balaban J connectivity index is 1.80. The summed E-state index contributed by atoms with van der Waals surface area (Å²) >= 11 is 5.77. The molecule has 1 atom stereocenters. The predicted molar refractivity (Wildman–Crippen MR) is 85.4 cm³/mol. The highest BCUT2D eigenvalue weighted by Gasteiger charge is 2.07. The number of nitrogens with one attached hydrogen (secondary N) is 2. The predicted octanol–water partition coefficient (Wildman–Crippen LogP) is 2.80. The number of aliphatic hydroxyl groups is 1. The van der Waals surface area contributed by atoms with E-state index in [9.17, 15) is 4.39 Å². The highest BCUT2D eigenvalue weighted by molar-refractivity contribution is 6.31. The first-order valence-electron chi connectivity index (χ1n) is 7.20. The molecule has 2 rings (SSSR count). The second-order valence-corrected chi connectivity index (χ2v) is 5.53. The van der Waals surface area contributed by atoms with E-state index in [1.54, 1.807) is 19.1 Å². The van der Waals surface area contributed by atoms with E-state index >= 15 is 0 Å². The van der Waals surface area contributed by atoms with Crippen molar-refractivity contribution in [3.63, 3.8) is 0 Å². The summed E-state index contributed by atoms with van der Waals surface area (Å²) < 4.78 is 18.8. The number of furan rings is 1. The molecule has 4 nitrogen and oxygen atoms in total. The Labute approximate surface area is 134 Å². The van der Waals surface area contributed by atoms with Gasteiger partial charge >= 0.3 is 0 Å². The lowest BCUT2D eigenvalue weighted by molar-refractivity contribution is 0.191. The fourth-order valence-corrected chi connectivity index (χ4v) is 2.16. The van der Waals surface area contributed by atoms with E-state index in [2.05, 4.69) is 10.6 Å². The summed E-state index contributed by atoms with van der Waals surface area (Å²) in [4.78, 5) is 0. The van der Waals surface area contributed by atoms with Crippen LogP contribution in [-0.2, 0) is 6.54 Å². The molecule has 120 valence electrons. The molecule has 0 bridgehead atoms. The van der Waals surface area contributed by atoms with Gasteiger partial charge in [-0.3, -0.25) is 0 Å². The van der Waals surface area contributed by atoms with Gasteiger partial charge in [-0.2, -0.15) is 0 Å². The molecule has 1 heterocycles. The van der Waals surface area contributed by atoms with Crippen LogP contribution in [0.15, 0.2) is 34.7 Å². The molecule has 22 heavy (non-hydrogen) atoms. The lowest BCUT2D eigenvalue weighted by Gasteiger charge is -2.07. The number of halogens is 2. The van der Waals surface area contributed by atoms with Gasteiger partial charge in [0, 0.05) is 25.2 Å². The van der Waals surface area contributed by atoms with Crippen molar-refractivity contribution < 1.29 is 13.9 Å². The average Bonchev–Trinajstić information content (AvgIpc) is 2.94. The molecule has 0 saturated carbocycles. The highest BCUT2D eigenvalue weighted by atomic mass is 35.5. The number of hydrogen-bond donors (Lipinski definition) is 3. The monoisotopic (exact) mass is 326 g/mol. The standard InChI is InChI=1S/C16H20ClFN2O2/c1-11(21)9-19-6-7-20-10-13-3-5-16(22-13)12-2-4-15(18)14(17)8-12/h2-5,8,11,19-21H,6-7,9-10H2,1H3. The van der Waals surface area contributed by atoms with Gasteiger partial charge in [0.05, 0.1) is 17.7 Å². The molecule has 2 aromatic rings. The quantitative estimate of drug-likeness (QED) is 0.653. The first-order chi connectivity index (χ1) is 10.6. The lowest BCUT2D eigenvalue weighted by Crippen LogP contribution is -2.31. The second kappa shape index (κ2) is 8.29. The van der Waals surface area contributed by atoms with Gasteiger partial charge in [0.2, 0.25) is 0 Å². The number of rotatable bonds is 8. The van der Waals surface area contributed by atoms with E-state index < -0.39 is 5.82 Å². The van der Waals surface area contributed by atoms with Gasteiger partial charge in [-0.25, -0.2) is 4.39 Å². The molecule has 0 aliphatic rings. The van der Waals surface area contributed by atoms with Gasteiger partial charge in [-0.1, -0.05) is 11.6 Å². The maximum absolute atomic E-state index is 13.1. The van der Waals surface area contributed by atoms with Gasteiger partial charge in [0.25, 0.3) is 0 Å². The summed E-state index contributed by atoms with van der Waals surface area (Å²) in [5.41, 5.74) is 0.747. The van der Waals surface area contributed by atoms with Crippen LogP contribution in [0.1, 0.15) is 12.7 Å². The topological polar surface area (TPSA) is 57.4 Å². The third-order valence-electron chi connectivity index (χ3n) is 3.08. The van der Waals surface area contributed by atoms with E-state index in [1.807, 2.05) is 12.1 Å². The highest BCUT2D eigenvalue weighted by Crippen LogP contribution is 2.26. The average molecular weight is 327 g/mol. The molecular weight excluding hydrogens is 307 g/mol. The molecule has 0 saturated heterocycles. The Bertz CT molecular complexity index is 602. The van der Waals surface area contributed by atoms with Crippen LogP contribution < -0.4 is 10.6 Å². The molecule has 0 fully saturated rings. The summed E-state index contributed by atoms with van der Waals surface area (Å²) in [6.45, 7) is 4.47. The zero-order valence-corrected chi connectivity index (χ0v) is 13.2. The number of aliphatic hydroxyl groups excluding tert-OH is 1. The summed E-state index contributed by atoms with van der Waals surface area (Å²) in [5, 5.41) is 15.5. The fraction of sp³-hybridized carbons (Fsp3) is 0.375. The molecule has 1 unspecified atom stereocenters. The SMILES string of the molecule is CC(O)CNCCNCc1ccc(-c2ccc(F)c(Cl)c2)o1. The fourth-order valence-electron chi connectivity index (χ4n) is 1.98. The molecule has 1 aromatic heterocycles. The Hall–Kier alpha value is -1.40. The number of benzene rings is 1. The van der Waals surface area contributed by atoms with Crippen molar-refractivity contribution in [2.75, 3.05) is 19.6 Å². The summed E-state index contributed by atoms with van der Waals surface area (Å²) in [6, 6.07) is 8.23. The van der Waals surface area contributed by atoms with Crippen LogP contribution in [-0.4, -0.2) is 30.8 Å². The van der Waals surface area contributed by atoms with Crippen molar-refractivity contribution in [2.45, 2.75) is 19.6 Å². The maximum Gasteiger partial charge on any atom is 0.141 e. The molecule has 0 radical (unpaired) electrons. The molecule has 3 N–H and O–H groups in total. The Morgan fingerprint density at radius 3 is 2.73 bits per heavy atom. The first kappa shape index (κ1) is 17.0. The lowest BCUT2D eigenvalue weighted by atomic mass is 10.2. The first-order valence-corrected chi connectivity index (χ1v) is 7.57. The minimum absolute atomic E-state index is 0.0813. The van der Waals surface area contributed by atoms with E-state index in [1.165, 1.54) is 6.07 Å². The van der Waals surface area contributed by atoms with E-state index in [0.717, 1.165) is 24.4 Å². The molecule has 0 aliphatic heterocycles. The van der Waals surface area contributed by atoms with Crippen molar-refractivity contribution in [2.24, 2.45) is 0 Å². The summed E-state index contributed by atoms with van der Waals surface area (Å²) in [7, 11) is 0. The maximum atomic E-state index is 13.1. The second-order valence-electron chi connectivity index (χ2n) is 5.12. The van der Waals surface area contributed by atoms with Crippen LogP contribution in [0, 0.1) is 5.82 Å². The molecular formula is C16H20ClFN2O2. The van der Waals surface area contributed by atoms with Crippen LogP contribution in [0.2, 0.25) is 5.02 Å². The van der Waals surface area contributed by atoms with Gasteiger partial charge in [-0.05, 0) is 37.3 Å². The Kier molecular flexibility index (Phi) is 6.39. The van der Waals surface area contributed by atoms with E-state index in [4.69, 9.17) is 21.1 Å². The smallest absolute Gasteiger partial charge is 0.141 e. The van der Waals surface area contributed by atoms with Crippen molar-refractivity contribution in [3.05, 3.63) is 46.9 Å². The molecule has 0 spiro atoms. The van der Waals surface area contributed by atoms with Crippen LogP contribution in [0.5, 0.6) is 0 Å². The Morgan fingerprint density at radius 1 is 1.23 bits per heavy atom. The van der Waals surface area contributed by atoms with Crippen LogP contribution in [0.3, 0.4) is 0 Å². The van der Waals surface area contributed by atoms with Crippen LogP contribution in [0.4, 0.5) is 4.39 Å².